The van der Waals surface area contributed by atoms with Crippen LogP contribution in [0.4, 0.5) is 0 Å². The smallest absolute Gasteiger partial charge is 0.256 e. The molecule has 1 spiro atoms. The summed E-state index contributed by atoms with van der Waals surface area (Å²) in [4.78, 5) is 30.9. The van der Waals surface area contributed by atoms with Crippen molar-refractivity contribution in [3.8, 4) is 5.88 Å². The van der Waals surface area contributed by atoms with Crippen molar-refractivity contribution in [2.75, 3.05) is 26.9 Å². The van der Waals surface area contributed by atoms with Crippen LogP contribution in [-0.2, 0) is 9.53 Å². The van der Waals surface area contributed by atoms with Crippen molar-refractivity contribution >= 4 is 11.8 Å². The number of ether oxygens (including phenoxy) is 2. The normalized spacial score (nSPS) is 23.0. The fourth-order valence-corrected chi connectivity index (χ4v) is 3.97. The molecule has 2 aliphatic heterocycles. The molecule has 0 aromatic carbocycles. The van der Waals surface area contributed by atoms with Gasteiger partial charge in [-0.25, -0.2) is 4.98 Å². The Morgan fingerprint density at radius 1 is 1.33 bits per heavy atom. The van der Waals surface area contributed by atoms with Crippen molar-refractivity contribution in [3.63, 3.8) is 0 Å². The molecule has 3 heterocycles. The number of aromatic nitrogens is 1. The molecule has 2 N–H and O–H groups in total. The molecule has 2 aliphatic rings. The van der Waals surface area contributed by atoms with Crippen LogP contribution in [0.25, 0.3) is 0 Å². The predicted octanol–water partition coefficient (Wildman–Crippen LogP) is 0.977. The number of carbonyl (C=O) groups excluding carboxylic acids is 2. The average molecular weight is 333 g/mol. The molecule has 1 aromatic rings. The number of nitrogens with two attached hydrogens (primary N) is 1. The van der Waals surface area contributed by atoms with E-state index in [2.05, 4.69) is 4.98 Å². The fourth-order valence-electron chi connectivity index (χ4n) is 3.97. The van der Waals surface area contributed by atoms with Crippen molar-refractivity contribution in [1.29, 1.82) is 0 Å². The van der Waals surface area contributed by atoms with Crippen LogP contribution in [0.1, 0.15) is 36.0 Å². The highest BCUT2D eigenvalue weighted by Gasteiger charge is 2.49. The molecule has 0 aliphatic carbocycles. The Morgan fingerprint density at radius 2 is 2.08 bits per heavy atom. The van der Waals surface area contributed by atoms with Crippen LogP contribution in [0.15, 0.2) is 18.3 Å². The Balaban J connectivity index is 1.89. The number of carbonyl (C=O) groups is 2. The number of hydrogen-bond acceptors (Lipinski definition) is 5. The van der Waals surface area contributed by atoms with Crippen LogP contribution < -0.4 is 10.5 Å². The summed E-state index contributed by atoms with van der Waals surface area (Å²) in [6, 6.07) is 2.71. The molecule has 0 bridgehead atoms. The molecule has 1 atom stereocenters. The first-order valence-electron chi connectivity index (χ1n) is 8.25. The molecule has 2 fully saturated rings. The van der Waals surface area contributed by atoms with E-state index in [0.717, 1.165) is 25.7 Å². The molecule has 2 amide bonds. The largest absolute Gasteiger partial charge is 0.481 e. The Bertz CT molecular complexity index is 605. The fraction of sp³-hybridized carbons (Fsp3) is 0.588. The summed E-state index contributed by atoms with van der Waals surface area (Å²) < 4.78 is 10.5. The third kappa shape index (κ3) is 2.96. The van der Waals surface area contributed by atoms with Crippen LogP contribution in [0.5, 0.6) is 5.88 Å². The van der Waals surface area contributed by atoms with Crippen molar-refractivity contribution in [2.24, 2.45) is 11.1 Å². The summed E-state index contributed by atoms with van der Waals surface area (Å²) in [6.45, 7) is 1.74. The number of amides is 2. The lowest BCUT2D eigenvalue weighted by molar-refractivity contribution is -0.134. The second kappa shape index (κ2) is 6.76. The molecule has 130 valence electrons. The monoisotopic (exact) mass is 333 g/mol. The van der Waals surface area contributed by atoms with E-state index in [1.807, 2.05) is 0 Å². The van der Waals surface area contributed by atoms with E-state index in [9.17, 15) is 9.59 Å². The summed E-state index contributed by atoms with van der Waals surface area (Å²) in [5.41, 5.74) is 5.89. The third-order valence-electron chi connectivity index (χ3n) is 5.18. The Hall–Kier alpha value is -2.15. The number of nitrogens with zero attached hydrogens (tertiary/aromatic N) is 2. The van der Waals surface area contributed by atoms with Crippen LogP contribution in [-0.4, -0.2) is 54.6 Å². The number of rotatable bonds is 3. The lowest BCUT2D eigenvalue weighted by Crippen LogP contribution is -2.61. The second-order valence-corrected chi connectivity index (χ2v) is 6.47. The van der Waals surface area contributed by atoms with E-state index in [0.29, 0.717) is 31.2 Å². The van der Waals surface area contributed by atoms with Gasteiger partial charge in [-0.2, -0.15) is 0 Å². The van der Waals surface area contributed by atoms with Gasteiger partial charge in [-0.1, -0.05) is 0 Å². The number of primary amides is 1. The number of pyridine rings is 1. The van der Waals surface area contributed by atoms with Gasteiger partial charge in [0.1, 0.15) is 6.04 Å². The SMILES string of the molecule is COc1ccc(C(=O)N2CCCC3(CCOCC3)C2C(N)=O)cn1. The first-order chi connectivity index (χ1) is 11.6. The van der Waals surface area contributed by atoms with Gasteiger partial charge >= 0.3 is 0 Å². The third-order valence-corrected chi connectivity index (χ3v) is 5.18. The molecular formula is C17H23N3O4. The van der Waals surface area contributed by atoms with E-state index in [1.54, 1.807) is 17.0 Å². The first kappa shape index (κ1) is 16.7. The summed E-state index contributed by atoms with van der Waals surface area (Å²) in [5.74, 6) is -0.205. The molecule has 0 saturated carbocycles. The van der Waals surface area contributed by atoms with E-state index in [-0.39, 0.29) is 11.3 Å². The van der Waals surface area contributed by atoms with Crippen molar-refractivity contribution < 1.29 is 19.1 Å². The summed E-state index contributed by atoms with van der Waals surface area (Å²) in [5, 5.41) is 0. The van der Waals surface area contributed by atoms with Crippen molar-refractivity contribution in [3.05, 3.63) is 23.9 Å². The highest BCUT2D eigenvalue weighted by molar-refractivity contribution is 5.97. The summed E-state index contributed by atoms with van der Waals surface area (Å²) >= 11 is 0. The molecular weight excluding hydrogens is 310 g/mol. The summed E-state index contributed by atoms with van der Waals surface area (Å²) in [6.07, 6.45) is 4.74. The van der Waals surface area contributed by atoms with Crippen LogP contribution in [0.2, 0.25) is 0 Å². The molecule has 24 heavy (non-hydrogen) atoms. The Kier molecular flexibility index (Phi) is 4.71. The van der Waals surface area contributed by atoms with E-state index in [1.165, 1.54) is 13.3 Å². The van der Waals surface area contributed by atoms with Gasteiger partial charge in [0.15, 0.2) is 0 Å². The minimum atomic E-state index is -0.593. The van der Waals surface area contributed by atoms with Crippen molar-refractivity contribution in [1.82, 2.24) is 9.88 Å². The van der Waals surface area contributed by atoms with Crippen LogP contribution in [0.3, 0.4) is 0 Å². The molecule has 0 radical (unpaired) electrons. The van der Waals surface area contributed by atoms with Gasteiger partial charge in [-0.15, -0.1) is 0 Å². The standard InChI is InChI=1S/C17H23N3O4/c1-23-13-4-3-12(11-19-13)16(22)20-8-2-5-17(14(20)15(18)21)6-9-24-10-7-17/h3-4,11,14H,2,5-10H2,1H3,(H2,18,21). The van der Waals surface area contributed by atoms with Gasteiger partial charge < -0.3 is 20.1 Å². The van der Waals surface area contributed by atoms with Gasteiger partial charge in [-0.3, -0.25) is 9.59 Å². The lowest BCUT2D eigenvalue weighted by atomic mass is 9.67. The second-order valence-electron chi connectivity index (χ2n) is 6.47. The van der Waals surface area contributed by atoms with E-state index < -0.39 is 11.9 Å². The Labute approximate surface area is 141 Å². The van der Waals surface area contributed by atoms with Gasteiger partial charge in [0, 0.05) is 37.4 Å². The highest BCUT2D eigenvalue weighted by Crippen LogP contribution is 2.44. The van der Waals surface area contributed by atoms with Gasteiger partial charge in [0.05, 0.1) is 12.7 Å². The van der Waals surface area contributed by atoms with Gasteiger partial charge in [0.2, 0.25) is 11.8 Å². The molecule has 3 rings (SSSR count). The zero-order chi connectivity index (χ0) is 17.2. The molecule has 1 aromatic heterocycles. The van der Waals surface area contributed by atoms with E-state index in [4.69, 9.17) is 15.2 Å². The van der Waals surface area contributed by atoms with Crippen molar-refractivity contribution in [2.45, 2.75) is 31.7 Å². The van der Waals surface area contributed by atoms with Gasteiger partial charge in [0.25, 0.3) is 5.91 Å². The maximum atomic E-state index is 12.9. The average Bonchev–Trinajstić information content (AvgIpc) is 2.61. The number of hydrogen-bond donors (Lipinski definition) is 1. The first-order valence-corrected chi connectivity index (χ1v) is 8.25. The molecule has 7 nitrogen and oxygen atoms in total. The zero-order valence-corrected chi connectivity index (χ0v) is 13.9. The molecule has 2 saturated heterocycles. The predicted molar refractivity (Wildman–Crippen MR) is 86.5 cm³/mol. The van der Waals surface area contributed by atoms with Crippen LogP contribution >= 0.6 is 0 Å². The highest BCUT2D eigenvalue weighted by atomic mass is 16.5. The number of methoxy groups -OCH3 is 1. The van der Waals surface area contributed by atoms with Gasteiger partial charge in [-0.05, 0) is 31.7 Å². The quantitative estimate of drug-likeness (QED) is 0.889. The molecule has 1 unspecified atom stereocenters. The number of likely N-dealkylation sites (tertiary alicyclic amines) is 1. The maximum Gasteiger partial charge on any atom is 0.256 e. The minimum absolute atomic E-state index is 0.209. The van der Waals surface area contributed by atoms with E-state index >= 15 is 0 Å². The van der Waals surface area contributed by atoms with Crippen LogP contribution in [0, 0.1) is 5.41 Å². The lowest BCUT2D eigenvalue weighted by Gasteiger charge is -2.50. The Morgan fingerprint density at radius 3 is 2.67 bits per heavy atom. The summed E-state index contributed by atoms with van der Waals surface area (Å²) in [7, 11) is 1.52. The zero-order valence-electron chi connectivity index (χ0n) is 13.9. The number of piperidine rings is 1. The minimum Gasteiger partial charge on any atom is -0.481 e. The maximum absolute atomic E-state index is 12.9. The molecule has 7 heteroatoms. The topological polar surface area (TPSA) is 94.7 Å².